The summed E-state index contributed by atoms with van der Waals surface area (Å²) in [6.45, 7) is 7.65. The second-order valence-electron chi connectivity index (χ2n) is 7.76. The number of carbonyl (C=O) groups excluding carboxylic acids is 1. The fraction of sp³-hybridized carbons (Fsp3) is 0.391. The predicted octanol–water partition coefficient (Wildman–Crippen LogP) is 2.95. The summed E-state index contributed by atoms with van der Waals surface area (Å²) in [7, 11) is 0. The molecule has 7 heteroatoms. The molecule has 3 rings (SSSR count). The van der Waals surface area contributed by atoms with Gasteiger partial charge in [0, 0.05) is 29.9 Å². The van der Waals surface area contributed by atoms with Crippen molar-refractivity contribution in [3.63, 3.8) is 0 Å². The van der Waals surface area contributed by atoms with Gasteiger partial charge in [-0.05, 0) is 58.1 Å². The molecule has 0 spiro atoms. The molecule has 0 saturated heterocycles. The Hall–Kier alpha value is -3.22. The molecule has 158 valence electrons. The fourth-order valence-corrected chi connectivity index (χ4v) is 3.59. The number of carbonyl (C=O) groups is 1. The quantitative estimate of drug-likeness (QED) is 0.600. The highest BCUT2D eigenvalue weighted by Crippen LogP contribution is 2.17. The lowest BCUT2D eigenvalue weighted by atomic mass is 10.1. The number of aromatic nitrogens is 4. The van der Waals surface area contributed by atoms with Gasteiger partial charge in [0.05, 0.1) is 5.69 Å². The molecule has 2 aromatic heterocycles. The van der Waals surface area contributed by atoms with Crippen LogP contribution in [0, 0.1) is 20.8 Å². The number of nitrogens with zero attached hydrogens (tertiary/aromatic N) is 3. The van der Waals surface area contributed by atoms with E-state index in [1.807, 2.05) is 39.0 Å². The second kappa shape index (κ2) is 9.52. The van der Waals surface area contributed by atoms with Crippen LogP contribution in [0.1, 0.15) is 48.0 Å². The first-order chi connectivity index (χ1) is 14.3. The maximum atomic E-state index is 12.4. The third-order valence-electron chi connectivity index (χ3n) is 5.22. The summed E-state index contributed by atoms with van der Waals surface area (Å²) >= 11 is 0. The largest absolute Gasteiger partial charge is 0.354 e. The number of amides is 1. The average Bonchev–Trinajstić information content (AvgIpc) is 2.98. The van der Waals surface area contributed by atoms with E-state index in [0.717, 1.165) is 29.8 Å². The molecular weight excluding hydrogens is 378 g/mol. The standard InChI is InChI=1S/C23H29N5O2/c1-15(10-11-19-8-6-5-7-9-19)24-21(29)13-12-20-17(3)27-28(18(20)4)23-25-16(2)14-22(30)26-23/h5-9,14-15H,10-13H2,1-4H3,(H,24,29)(H,25,26,30)/t15-/m0/s1. The van der Waals surface area contributed by atoms with Gasteiger partial charge >= 0.3 is 0 Å². The molecule has 2 heterocycles. The smallest absolute Gasteiger partial charge is 0.252 e. The van der Waals surface area contributed by atoms with Crippen LogP contribution in [0.5, 0.6) is 0 Å². The molecule has 7 nitrogen and oxygen atoms in total. The lowest BCUT2D eigenvalue weighted by Crippen LogP contribution is -2.33. The lowest BCUT2D eigenvalue weighted by molar-refractivity contribution is -0.121. The Kier molecular flexibility index (Phi) is 6.82. The van der Waals surface area contributed by atoms with E-state index in [0.29, 0.717) is 24.5 Å². The van der Waals surface area contributed by atoms with Crippen LogP contribution in [-0.4, -0.2) is 31.7 Å². The van der Waals surface area contributed by atoms with Crippen LogP contribution in [0.4, 0.5) is 0 Å². The average molecular weight is 408 g/mol. The van der Waals surface area contributed by atoms with Crippen molar-refractivity contribution < 1.29 is 4.79 Å². The number of rotatable bonds is 8. The van der Waals surface area contributed by atoms with Gasteiger partial charge in [-0.15, -0.1) is 0 Å². The van der Waals surface area contributed by atoms with Crippen LogP contribution in [0.15, 0.2) is 41.2 Å². The van der Waals surface area contributed by atoms with Crippen LogP contribution in [-0.2, 0) is 17.6 Å². The number of aromatic amines is 1. The normalized spacial score (nSPS) is 12.0. The van der Waals surface area contributed by atoms with Gasteiger partial charge in [-0.1, -0.05) is 30.3 Å². The van der Waals surface area contributed by atoms with E-state index in [2.05, 4.69) is 32.5 Å². The summed E-state index contributed by atoms with van der Waals surface area (Å²) in [5, 5.41) is 7.60. The summed E-state index contributed by atoms with van der Waals surface area (Å²) in [4.78, 5) is 31.3. The molecule has 0 fully saturated rings. The highest BCUT2D eigenvalue weighted by Gasteiger charge is 2.16. The van der Waals surface area contributed by atoms with Crippen molar-refractivity contribution in [3.8, 4) is 5.95 Å². The summed E-state index contributed by atoms with van der Waals surface area (Å²) < 4.78 is 1.64. The Labute approximate surface area is 176 Å². The maximum absolute atomic E-state index is 12.4. The molecule has 0 saturated carbocycles. The van der Waals surface area contributed by atoms with Crippen molar-refractivity contribution in [3.05, 3.63) is 75.0 Å². The van der Waals surface area contributed by atoms with E-state index in [9.17, 15) is 9.59 Å². The van der Waals surface area contributed by atoms with Gasteiger partial charge in [-0.25, -0.2) is 9.67 Å². The minimum absolute atomic E-state index is 0.0317. The van der Waals surface area contributed by atoms with Crippen LogP contribution >= 0.6 is 0 Å². The number of benzene rings is 1. The highest BCUT2D eigenvalue weighted by atomic mass is 16.1. The first kappa shape index (κ1) is 21.5. The van der Waals surface area contributed by atoms with Crippen molar-refractivity contribution in [2.45, 2.75) is 59.4 Å². The number of H-pyrrole nitrogens is 1. The molecule has 0 aliphatic carbocycles. The van der Waals surface area contributed by atoms with E-state index >= 15 is 0 Å². The van der Waals surface area contributed by atoms with Gasteiger partial charge < -0.3 is 5.32 Å². The molecule has 30 heavy (non-hydrogen) atoms. The van der Waals surface area contributed by atoms with E-state index in [-0.39, 0.29) is 17.5 Å². The number of nitrogens with one attached hydrogen (secondary N) is 2. The molecule has 1 aromatic carbocycles. The molecule has 3 aromatic rings. The van der Waals surface area contributed by atoms with Crippen LogP contribution in [0.25, 0.3) is 5.95 Å². The van der Waals surface area contributed by atoms with Gasteiger partial charge in [-0.2, -0.15) is 5.10 Å². The molecular formula is C23H29N5O2. The summed E-state index contributed by atoms with van der Waals surface area (Å²) in [5.41, 5.74) is 4.42. The molecule has 0 unspecified atom stereocenters. The molecule has 0 bridgehead atoms. The first-order valence-corrected chi connectivity index (χ1v) is 10.3. The molecule has 0 radical (unpaired) electrons. The second-order valence-corrected chi connectivity index (χ2v) is 7.76. The minimum atomic E-state index is -0.213. The topological polar surface area (TPSA) is 92.7 Å². The monoisotopic (exact) mass is 407 g/mol. The molecule has 0 aliphatic rings. The summed E-state index contributed by atoms with van der Waals surface area (Å²) in [6.07, 6.45) is 2.82. The molecule has 1 amide bonds. The predicted molar refractivity (Wildman–Crippen MR) is 117 cm³/mol. The van der Waals surface area contributed by atoms with Crippen molar-refractivity contribution in [2.24, 2.45) is 0 Å². The summed E-state index contributed by atoms with van der Waals surface area (Å²) in [6, 6.07) is 11.8. The Morgan fingerprint density at radius 3 is 2.60 bits per heavy atom. The van der Waals surface area contributed by atoms with E-state index in [1.165, 1.54) is 11.6 Å². The molecule has 2 N–H and O–H groups in total. The van der Waals surface area contributed by atoms with E-state index in [1.54, 1.807) is 11.6 Å². The Morgan fingerprint density at radius 1 is 1.17 bits per heavy atom. The lowest BCUT2D eigenvalue weighted by Gasteiger charge is -2.14. The Balaban J connectivity index is 1.58. The van der Waals surface area contributed by atoms with Crippen molar-refractivity contribution in [2.75, 3.05) is 0 Å². The maximum Gasteiger partial charge on any atom is 0.252 e. The summed E-state index contributed by atoms with van der Waals surface area (Å²) in [5.74, 6) is 0.426. The zero-order valence-electron chi connectivity index (χ0n) is 18.0. The SMILES string of the molecule is Cc1cc(=O)[nH]c(-n2nc(C)c(CCC(=O)N[C@@H](C)CCc3ccccc3)c2C)n1. The van der Waals surface area contributed by atoms with Gasteiger partial charge in [0.25, 0.3) is 5.56 Å². The fourth-order valence-electron chi connectivity index (χ4n) is 3.59. The zero-order valence-corrected chi connectivity index (χ0v) is 18.0. The number of hydrogen-bond donors (Lipinski definition) is 2. The molecule has 0 aliphatic heterocycles. The van der Waals surface area contributed by atoms with Crippen LogP contribution < -0.4 is 10.9 Å². The van der Waals surface area contributed by atoms with E-state index in [4.69, 9.17) is 0 Å². The van der Waals surface area contributed by atoms with Crippen molar-refractivity contribution >= 4 is 5.91 Å². The molecule has 1 atom stereocenters. The minimum Gasteiger partial charge on any atom is -0.354 e. The van der Waals surface area contributed by atoms with Gasteiger partial charge in [0.2, 0.25) is 11.9 Å². The highest BCUT2D eigenvalue weighted by molar-refractivity contribution is 5.76. The van der Waals surface area contributed by atoms with E-state index < -0.39 is 0 Å². The van der Waals surface area contributed by atoms with Gasteiger partial charge in [0.1, 0.15) is 0 Å². The van der Waals surface area contributed by atoms with Crippen molar-refractivity contribution in [1.82, 2.24) is 25.1 Å². The van der Waals surface area contributed by atoms with Crippen molar-refractivity contribution in [1.29, 1.82) is 0 Å². The van der Waals surface area contributed by atoms with Crippen LogP contribution in [0.2, 0.25) is 0 Å². The first-order valence-electron chi connectivity index (χ1n) is 10.3. The number of aryl methyl sites for hydroxylation is 3. The Bertz CT molecular complexity index is 1070. The van der Waals surface area contributed by atoms with Gasteiger partial charge in [-0.3, -0.25) is 14.6 Å². The van der Waals surface area contributed by atoms with Crippen LogP contribution in [0.3, 0.4) is 0 Å². The Morgan fingerprint density at radius 2 is 1.90 bits per heavy atom. The third-order valence-corrected chi connectivity index (χ3v) is 5.22. The zero-order chi connectivity index (χ0) is 21.7. The van der Waals surface area contributed by atoms with Gasteiger partial charge in [0.15, 0.2) is 0 Å². The third kappa shape index (κ3) is 5.43. The number of hydrogen-bond acceptors (Lipinski definition) is 4.